The summed E-state index contributed by atoms with van der Waals surface area (Å²) in [6.45, 7) is 1.78. The first-order valence-corrected chi connectivity index (χ1v) is 9.22. The molecule has 3 atom stereocenters. The second-order valence-electron chi connectivity index (χ2n) is 7.23. The van der Waals surface area contributed by atoms with Gasteiger partial charge in [-0.05, 0) is 42.9 Å². The lowest BCUT2D eigenvalue weighted by molar-refractivity contribution is 0.0802. The molecule has 134 valence electrons. The summed E-state index contributed by atoms with van der Waals surface area (Å²) in [5.74, 6) is 3.18. The second-order valence-corrected chi connectivity index (χ2v) is 7.23. The fourth-order valence-electron chi connectivity index (χ4n) is 3.86. The van der Waals surface area contributed by atoms with Gasteiger partial charge in [-0.3, -0.25) is 0 Å². The summed E-state index contributed by atoms with van der Waals surface area (Å²) in [6.07, 6.45) is 7.66. The molecule has 0 spiro atoms. The van der Waals surface area contributed by atoms with Crippen molar-refractivity contribution in [1.29, 1.82) is 0 Å². The number of aromatic nitrogens is 2. The van der Waals surface area contributed by atoms with Crippen molar-refractivity contribution >= 4 is 0 Å². The van der Waals surface area contributed by atoms with Crippen molar-refractivity contribution in [1.82, 2.24) is 14.9 Å². The molecule has 2 fully saturated rings. The highest BCUT2D eigenvalue weighted by Gasteiger charge is 2.36. The molecule has 1 saturated heterocycles. The fourth-order valence-corrected chi connectivity index (χ4v) is 3.86. The van der Waals surface area contributed by atoms with E-state index >= 15 is 0 Å². The molecule has 0 bridgehead atoms. The molecule has 0 amide bonds. The SMILES string of the molecule is COc1ccc(C(NC[C@@H]2CCO[C@H]2c2nccn2C)C2CC2)cc1. The number of nitrogens with one attached hydrogen (secondary N) is 1. The quantitative estimate of drug-likeness (QED) is 0.840. The molecule has 1 saturated carbocycles. The molecule has 1 N–H and O–H groups in total. The fraction of sp³-hybridized carbons (Fsp3) is 0.550. The molecule has 1 unspecified atom stereocenters. The van der Waals surface area contributed by atoms with Gasteiger partial charge in [0.2, 0.25) is 0 Å². The van der Waals surface area contributed by atoms with Crippen LogP contribution in [0.3, 0.4) is 0 Å². The second kappa shape index (κ2) is 7.18. The van der Waals surface area contributed by atoms with E-state index in [4.69, 9.17) is 9.47 Å². The van der Waals surface area contributed by atoms with Gasteiger partial charge in [-0.2, -0.15) is 0 Å². The zero-order chi connectivity index (χ0) is 17.2. The minimum Gasteiger partial charge on any atom is -0.497 e. The van der Waals surface area contributed by atoms with Crippen LogP contribution in [0.5, 0.6) is 5.75 Å². The Kier molecular flexibility index (Phi) is 4.77. The van der Waals surface area contributed by atoms with Gasteiger partial charge in [-0.1, -0.05) is 12.1 Å². The maximum atomic E-state index is 6.00. The molecule has 2 aliphatic rings. The first kappa shape index (κ1) is 16.6. The van der Waals surface area contributed by atoms with Crippen molar-refractivity contribution in [3.8, 4) is 5.75 Å². The highest BCUT2D eigenvalue weighted by molar-refractivity contribution is 5.30. The number of aryl methyl sites for hydroxylation is 1. The summed E-state index contributed by atoms with van der Waals surface area (Å²) < 4.78 is 13.4. The Morgan fingerprint density at radius 1 is 1.28 bits per heavy atom. The van der Waals surface area contributed by atoms with Crippen molar-refractivity contribution in [3.05, 3.63) is 48.0 Å². The van der Waals surface area contributed by atoms with E-state index in [1.165, 1.54) is 18.4 Å². The van der Waals surface area contributed by atoms with Crippen LogP contribution >= 0.6 is 0 Å². The number of rotatable bonds is 7. The van der Waals surface area contributed by atoms with Crippen molar-refractivity contribution < 1.29 is 9.47 Å². The highest BCUT2D eigenvalue weighted by Crippen LogP contribution is 2.42. The lowest BCUT2D eigenvalue weighted by Gasteiger charge is -2.24. The van der Waals surface area contributed by atoms with Crippen LogP contribution in [0.25, 0.3) is 0 Å². The lowest BCUT2D eigenvalue weighted by atomic mass is 9.97. The summed E-state index contributed by atoms with van der Waals surface area (Å²) in [5, 5.41) is 3.83. The Hall–Kier alpha value is -1.85. The van der Waals surface area contributed by atoms with E-state index in [9.17, 15) is 0 Å². The monoisotopic (exact) mass is 341 g/mol. The number of benzene rings is 1. The molecule has 1 aromatic carbocycles. The number of nitrogens with zero attached hydrogens (tertiary/aromatic N) is 2. The van der Waals surface area contributed by atoms with Crippen LogP contribution in [0.2, 0.25) is 0 Å². The number of imidazole rings is 1. The molecule has 1 aromatic heterocycles. The van der Waals surface area contributed by atoms with E-state index in [1.54, 1.807) is 7.11 Å². The molecular formula is C20H27N3O2. The molecule has 0 radical (unpaired) electrons. The normalized spacial score (nSPS) is 24.4. The van der Waals surface area contributed by atoms with Crippen molar-refractivity contribution in [2.24, 2.45) is 18.9 Å². The zero-order valence-corrected chi connectivity index (χ0v) is 15.0. The molecule has 1 aliphatic carbocycles. The molecular weight excluding hydrogens is 314 g/mol. The number of hydrogen-bond acceptors (Lipinski definition) is 4. The summed E-state index contributed by atoms with van der Waals surface area (Å²) in [6, 6.07) is 8.92. The standard InChI is InChI=1S/C20H27N3O2/c1-23-11-10-21-20(23)19-16(9-12-25-19)13-22-18(14-3-4-14)15-5-7-17(24-2)8-6-15/h5-8,10-11,14,16,18-19,22H,3-4,9,12-13H2,1-2H3/t16-,18?,19+/m0/s1. The molecule has 5 heteroatoms. The van der Waals surface area contributed by atoms with Gasteiger partial charge in [0.1, 0.15) is 17.7 Å². The van der Waals surface area contributed by atoms with Gasteiger partial charge in [0.15, 0.2) is 0 Å². The summed E-state index contributed by atoms with van der Waals surface area (Å²) in [7, 11) is 3.75. The van der Waals surface area contributed by atoms with E-state index in [0.717, 1.165) is 37.1 Å². The van der Waals surface area contributed by atoms with Gasteiger partial charge in [-0.25, -0.2) is 4.98 Å². The Balaban J connectivity index is 1.43. The first-order chi connectivity index (χ1) is 12.3. The van der Waals surface area contributed by atoms with Crippen LogP contribution in [0.15, 0.2) is 36.7 Å². The summed E-state index contributed by atoms with van der Waals surface area (Å²) in [5.41, 5.74) is 1.36. The van der Waals surface area contributed by atoms with Crippen molar-refractivity contribution in [2.45, 2.75) is 31.4 Å². The van der Waals surface area contributed by atoms with Crippen LogP contribution in [0.1, 0.15) is 42.8 Å². The van der Waals surface area contributed by atoms with E-state index in [2.05, 4.69) is 39.1 Å². The summed E-state index contributed by atoms with van der Waals surface area (Å²) in [4.78, 5) is 4.50. The first-order valence-electron chi connectivity index (χ1n) is 9.22. The number of ether oxygens (including phenoxy) is 2. The highest BCUT2D eigenvalue weighted by atomic mass is 16.5. The molecule has 4 rings (SSSR count). The van der Waals surface area contributed by atoms with E-state index < -0.39 is 0 Å². The van der Waals surface area contributed by atoms with Gasteiger partial charge in [0.25, 0.3) is 0 Å². The topological polar surface area (TPSA) is 48.3 Å². The van der Waals surface area contributed by atoms with Crippen LogP contribution in [0.4, 0.5) is 0 Å². The van der Waals surface area contributed by atoms with Crippen LogP contribution in [-0.2, 0) is 11.8 Å². The van der Waals surface area contributed by atoms with Gasteiger partial charge < -0.3 is 19.4 Å². The maximum absolute atomic E-state index is 6.00. The number of hydrogen-bond donors (Lipinski definition) is 1. The van der Waals surface area contributed by atoms with E-state index in [0.29, 0.717) is 12.0 Å². The van der Waals surface area contributed by atoms with Gasteiger partial charge in [0, 0.05) is 44.6 Å². The molecule has 25 heavy (non-hydrogen) atoms. The van der Waals surface area contributed by atoms with Crippen molar-refractivity contribution in [3.63, 3.8) is 0 Å². The Bertz CT molecular complexity index is 693. The predicted molar refractivity (Wildman–Crippen MR) is 96.5 cm³/mol. The molecule has 1 aliphatic heterocycles. The van der Waals surface area contributed by atoms with Gasteiger partial charge >= 0.3 is 0 Å². The number of methoxy groups -OCH3 is 1. The Labute approximate surface area is 149 Å². The maximum Gasteiger partial charge on any atom is 0.137 e. The Morgan fingerprint density at radius 2 is 2.08 bits per heavy atom. The predicted octanol–water partition coefficient (Wildman–Crippen LogP) is 3.25. The van der Waals surface area contributed by atoms with Crippen LogP contribution < -0.4 is 10.1 Å². The third-order valence-corrected chi connectivity index (χ3v) is 5.50. The van der Waals surface area contributed by atoms with E-state index in [1.807, 2.05) is 19.4 Å². The average Bonchev–Trinajstić information content (AvgIpc) is 3.22. The van der Waals surface area contributed by atoms with Gasteiger partial charge in [-0.15, -0.1) is 0 Å². The summed E-state index contributed by atoms with van der Waals surface area (Å²) >= 11 is 0. The van der Waals surface area contributed by atoms with Crippen LogP contribution in [-0.4, -0.2) is 29.8 Å². The lowest BCUT2D eigenvalue weighted by Crippen LogP contribution is -2.30. The minimum absolute atomic E-state index is 0.100. The third-order valence-electron chi connectivity index (χ3n) is 5.50. The average molecular weight is 341 g/mol. The molecule has 2 aromatic rings. The largest absolute Gasteiger partial charge is 0.497 e. The Morgan fingerprint density at radius 3 is 2.72 bits per heavy atom. The molecule has 2 heterocycles. The van der Waals surface area contributed by atoms with E-state index in [-0.39, 0.29) is 6.10 Å². The van der Waals surface area contributed by atoms with Gasteiger partial charge in [0.05, 0.1) is 7.11 Å². The molecule has 5 nitrogen and oxygen atoms in total. The third kappa shape index (κ3) is 3.58. The zero-order valence-electron chi connectivity index (χ0n) is 15.0. The van der Waals surface area contributed by atoms with Crippen molar-refractivity contribution in [2.75, 3.05) is 20.3 Å². The smallest absolute Gasteiger partial charge is 0.137 e. The van der Waals surface area contributed by atoms with Crippen LogP contribution in [0, 0.1) is 11.8 Å². The minimum atomic E-state index is 0.100.